The van der Waals surface area contributed by atoms with E-state index < -0.39 is 0 Å². The molecule has 2 aliphatic rings. The number of amides is 1. The molecule has 0 aromatic carbocycles. The van der Waals surface area contributed by atoms with Crippen molar-refractivity contribution in [2.24, 2.45) is 11.1 Å². The molecular weight excluding hydrogens is 226 g/mol. The molecule has 2 saturated heterocycles. The number of likely N-dealkylation sites (tertiary alicyclic amines) is 1. The van der Waals surface area contributed by atoms with Gasteiger partial charge in [-0.2, -0.15) is 0 Å². The van der Waals surface area contributed by atoms with Gasteiger partial charge in [0.05, 0.1) is 5.41 Å². The van der Waals surface area contributed by atoms with Gasteiger partial charge in [0, 0.05) is 31.7 Å². The molecule has 4 nitrogen and oxygen atoms in total. The summed E-state index contributed by atoms with van der Waals surface area (Å²) in [4.78, 5) is 17.2. The first kappa shape index (κ1) is 13.8. The first-order valence-electron chi connectivity index (χ1n) is 7.23. The SMILES string of the molecule is CCC(C)(CN)C(=O)N1CCC2CCC(C1)N2C. The molecule has 0 radical (unpaired) electrons. The van der Waals surface area contributed by atoms with E-state index in [0.29, 0.717) is 18.6 Å². The molecule has 2 rings (SSSR count). The zero-order chi connectivity index (χ0) is 13.3. The standard InChI is InChI=1S/C14H27N3O/c1-4-14(2,10-15)13(18)17-8-7-11-5-6-12(9-17)16(11)3/h11-12H,4-10,15H2,1-3H3. The van der Waals surface area contributed by atoms with E-state index in [2.05, 4.69) is 23.8 Å². The molecule has 18 heavy (non-hydrogen) atoms. The number of nitrogens with two attached hydrogens (primary N) is 1. The molecular formula is C14H27N3O. The predicted octanol–water partition coefficient (Wildman–Crippen LogP) is 1.06. The molecule has 2 N–H and O–H groups in total. The molecule has 2 bridgehead atoms. The Labute approximate surface area is 110 Å². The average Bonchev–Trinajstić information content (AvgIpc) is 2.61. The lowest BCUT2D eigenvalue weighted by atomic mass is 9.85. The van der Waals surface area contributed by atoms with Crippen molar-refractivity contribution < 1.29 is 4.79 Å². The molecule has 0 spiro atoms. The van der Waals surface area contributed by atoms with Crippen molar-refractivity contribution in [1.82, 2.24) is 9.80 Å². The van der Waals surface area contributed by atoms with Gasteiger partial charge in [0.15, 0.2) is 0 Å². The van der Waals surface area contributed by atoms with E-state index in [1.807, 2.05) is 6.92 Å². The van der Waals surface area contributed by atoms with E-state index in [0.717, 1.165) is 25.9 Å². The van der Waals surface area contributed by atoms with E-state index in [9.17, 15) is 4.79 Å². The third-order valence-electron chi connectivity index (χ3n) is 5.18. The second-order valence-corrected chi connectivity index (χ2v) is 6.21. The van der Waals surface area contributed by atoms with Crippen LogP contribution in [0.4, 0.5) is 0 Å². The van der Waals surface area contributed by atoms with Gasteiger partial charge in [-0.05, 0) is 39.7 Å². The van der Waals surface area contributed by atoms with Gasteiger partial charge in [0.1, 0.15) is 0 Å². The van der Waals surface area contributed by atoms with Crippen LogP contribution in [0.1, 0.15) is 39.5 Å². The Balaban J connectivity index is 2.08. The van der Waals surface area contributed by atoms with Gasteiger partial charge < -0.3 is 10.6 Å². The van der Waals surface area contributed by atoms with E-state index in [4.69, 9.17) is 5.73 Å². The summed E-state index contributed by atoms with van der Waals surface area (Å²) in [6.07, 6.45) is 4.47. The van der Waals surface area contributed by atoms with Crippen molar-refractivity contribution >= 4 is 5.91 Å². The highest BCUT2D eigenvalue weighted by Gasteiger charge is 2.40. The van der Waals surface area contributed by atoms with Crippen LogP contribution in [0.3, 0.4) is 0 Å². The number of hydrogen-bond donors (Lipinski definition) is 1. The van der Waals surface area contributed by atoms with Gasteiger partial charge in [-0.15, -0.1) is 0 Å². The molecule has 2 fully saturated rings. The summed E-state index contributed by atoms with van der Waals surface area (Å²) >= 11 is 0. The van der Waals surface area contributed by atoms with Crippen LogP contribution in [-0.4, -0.2) is 54.5 Å². The molecule has 0 aliphatic carbocycles. The van der Waals surface area contributed by atoms with Crippen LogP contribution in [0.2, 0.25) is 0 Å². The van der Waals surface area contributed by atoms with Gasteiger partial charge >= 0.3 is 0 Å². The minimum atomic E-state index is -0.373. The quantitative estimate of drug-likeness (QED) is 0.818. The van der Waals surface area contributed by atoms with Crippen LogP contribution in [-0.2, 0) is 4.79 Å². The number of nitrogens with zero attached hydrogens (tertiary/aromatic N) is 2. The fourth-order valence-corrected chi connectivity index (χ4v) is 3.26. The maximum absolute atomic E-state index is 12.6. The average molecular weight is 253 g/mol. The highest BCUT2D eigenvalue weighted by Crippen LogP contribution is 2.31. The maximum atomic E-state index is 12.6. The van der Waals surface area contributed by atoms with E-state index >= 15 is 0 Å². The lowest BCUT2D eigenvalue weighted by molar-refractivity contribution is -0.141. The molecule has 2 aliphatic heterocycles. The summed E-state index contributed by atoms with van der Waals surface area (Å²) < 4.78 is 0. The van der Waals surface area contributed by atoms with Crippen LogP contribution in [0, 0.1) is 5.41 Å². The van der Waals surface area contributed by atoms with Gasteiger partial charge in [-0.3, -0.25) is 9.69 Å². The van der Waals surface area contributed by atoms with E-state index in [-0.39, 0.29) is 11.3 Å². The van der Waals surface area contributed by atoms with Gasteiger partial charge in [-0.25, -0.2) is 0 Å². The topological polar surface area (TPSA) is 49.6 Å². The maximum Gasteiger partial charge on any atom is 0.229 e. The number of fused-ring (bicyclic) bond motifs is 2. The van der Waals surface area contributed by atoms with Crippen molar-refractivity contribution in [3.63, 3.8) is 0 Å². The van der Waals surface area contributed by atoms with E-state index in [1.165, 1.54) is 12.8 Å². The summed E-state index contributed by atoms with van der Waals surface area (Å²) in [7, 11) is 2.21. The molecule has 0 saturated carbocycles. The van der Waals surface area contributed by atoms with Crippen LogP contribution < -0.4 is 5.73 Å². The molecule has 0 aromatic heterocycles. The molecule has 4 heteroatoms. The summed E-state index contributed by atoms with van der Waals surface area (Å²) in [5, 5.41) is 0. The Morgan fingerprint density at radius 3 is 2.61 bits per heavy atom. The Morgan fingerprint density at radius 2 is 2.00 bits per heavy atom. The van der Waals surface area contributed by atoms with Crippen LogP contribution in [0.15, 0.2) is 0 Å². The number of carbonyl (C=O) groups is 1. The minimum Gasteiger partial charge on any atom is -0.341 e. The molecule has 0 aromatic rings. The molecule has 1 amide bonds. The normalized spacial score (nSPS) is 32.1. The Hall–Kier alpha value is -0.610. The largest absolute Gasteiger partial charge is 0.341 e. The summed E-state index contributed by atoms with van der Waals surface area (Å²) in [6, 6.07) is 1.24. The fraction of sp³-hybridized carbons (Fsp3) is 0.929. The molecule has 3 unspecified atom stereocenters. The van der Waals surface area contributed by atoms with Crippen molar-refractivity contribution in [2.75, 3.05) is 26.7 Å². The second-order valence-electron chi connectivity index (χ2n) is 6.21. The van der Waals surface area contributed by atoms with Crippen LogP contribution >= 0.6 is 0 Å². The lowest BCUT2D eigenvalue weighted by Crippen LogP contribution is -2.49. The first-order valence-corrected chi connectivity index (χ1v) is 7.23. The summed E-state index contributed by atoms with van der Waals surface area (Å²) in [5.41, 5.74) is 5.44. The third kappa shape index (κ3) is 2.28. The minimum absolute atomic E-state index is 0.258. The van der Waals surface area contributed by atoms with E-state index in [1.54, 1.807) is 0 Å². The smallest absolute Gasteiger partial charge is 0.229 e. The van der Waals surface area contributed by atoms with Gasteiger partial charge in [0.25, 0.3) is 0 Å². The predicted molar refractivity (Wildman–Crippen MR) is 73.2 cm³/mol. The Kier molecular flexibility index (Phi) is 3.97. The van der Waals surface area contributed by atoms with Gasteiger partial charge in [-0.1, -0.05) is 6.92 Å². The first-order chi connectivity index (χ1) is 8.51. The third-order valence-corrected chi connectivity index (χ3v) is 5.18. The Morgan fingerprint density at radius 1 is 1.33 bits per heavy atom. The highest BCUT2D eigenvalue weighted by atomic mass is 16.2. The molecule has 2 heterocycles. The van der Waals surface area contributed by atoms with Crippen molar-refractivity contribution in [2.45, 2.75) is 51.6 Å². The van der Waals surface area contributed by atoms with Crippen molar-refractivity contribution in [3.8, 4) is 0 Å². The summed E-state index contributed by atoms with van der Waals surface area (Å²) in [5.74, 6) is 0.258. The number of hydrogen-bond acceptors (Lipinski definition) is 3. The summed E-state index contributed by atoms with van der Waals surface area (Å²) in [6.45, 7) is 6.30. The van der Waals surface area contributed by atoms with Crippen molar-refractivity contribution in [1.29, 1.82) is 0 Å². The zero-order valence-electron chi connectivity index (χ0n) is 12.0. The highest BCUT2D eigenvalue weighted by molar-refractivity contribution is 5.82. The fourth-order valence-electron chi connectivity index (χ4n) is 3.26. The second kappa shape index (κ2) is 5.17. The molecule has 104 valence electrons. The monoisotopic (exact) mass is 253 g/mol. The van der Waals surface area contributed by atoms with Crippen LogP contribution in [0.5, 0.6) is 0 Å². The van der Waals surface area contributed by atoms with Gasteiger partial charge in [0.2, 0.25) is 5.91 Å². The lowest BCUT2D eigenvalue weighted by Gasteiger charge is -2.34. The zero-order valence-corrected chi connectivity index (χ0v) is 12.0. The van der Waals surface area contributed by atoms with Crippen LogP contribution in [0.25, 0.3) is 0 Å². The molecule has 3 atom stereocenters. The number of carbonyl (C=O) groups excluding carboxylic acids is 1. The van der Waals surface area contributed by atoms with Crippen molar-refractivity contribution in [3.05, 3.63) is 0 Å². The number of rotatable bonds is 3. The number of likely N-dealkylation sites (N-methyl/N-ethyl adjacent to an activating group) is 1. The Bertz CT molecular complexity index is 314.